The van der Waals surface area contributed by atoms with E-state index in [1.54, 1.807) is 25.9 Å². The molecule has 0 atom stereocenters. The molecular formula is C16H17NO5S. The van der Waals surface area contributed by atoms with Gasteiger partial charge in [-0.05, 0) is 36.1 Å². The number of carbonyl (C=O) groups excluding carboxylic acids is 1. The van der Waals surface area contributed by atoms with Crippen molar-refractivity contribution < 1.29 is 23.8 Å². The number of carboxylic acids is 1. The summed E-state index contributed by atoms with van der Waals surface area (Å²) >= 11 is 1.58. The molecule has 1 aromatic carbocycles. The molecule has 0 aliphatic carbocycles. The second-order valence-electron chi connectivity index (χ2n) is 4.82. The summed E-state index contributed by atoms with van der Waals surface area (Å²) < 4.78 is 10.4. The van der Waals surface area contributed by atoms with E-state index in [0.29, 0.717) is 6.54 Å². The van der Waals surface area contributed by atoms with Gasteiger partial charge in [0, 0.05) is 18.5 Å². The summed E-state index contributed by atoms with van der Waals surface area (Å²) in [6.45, 7) is 0.354. The number of aromatic carboxylic acids is 1. The van der Waals surface area contributed by atoms with E-state index >= 15 is 0 Å². The van der Waals surface area contributed by atoms with Gasteiger partial charge in [-0.3, -0.25) is 4.79 Å². The molecule has 1 amide bonds. The molecule has 122 valence electrons. The van der Waals surface area contributed by atoms with Crippen LogP contribution in [0, 0.1) is 0 Å². The molecule has 0 fully saturated rings. The summed E-state index contributed by atoms with van der Waals surface area (Å²) in [5.41, 5.74) is 0.903. The van der Waals surface area contributed by atoms with Crippen LogP contribution in [0.5, 0.6) is 5.75 Å². The van der Waals surface area contributed by atoms with Gasteiger partial charge < -0.3 is 19.2 Å². The van der Waals surface area contributed by atoms with Gasteiger partial charge in [0.05, 0.1) is 7.11 Å². The molecule has 0 unspecified atom stereocenters. The zero-order valence-corrected chi connectivity index (χ0v) is 13.8. The first-order valence-corrected chi connectivity index (χ1v) is 7.98. The SMILES string of the molecule is COc1cc(CN(C)C(=O)c2ccc(C(=O)O)o2)ccc1SC. The highest BCUT2D eigenvalue weighted by atomic mass is 32.2. The third-order valence-electron chi connectivity index (χ3n) is 3.24. The van der Waals surface area contributed by atoms with E-state index in [-0.39, 0.29) is 17.4 Å². The third-order valence-corrected chi connectivity index (χ3v) is 4.02. The Morgan fingerprint density at radius 1 is 1.26 bits per heavy atom. The van der Waals surface area contributed by atoms with Crippen LogP contribution < -0.4 is 4.74 Å². The highest BCUT2D eigenvalue weighted by Crippen LogP contribution is 2.28. The summed E-state index contributed by atoms with van der Waals surface area (Å²) in [4.78, 5) is 25.5. The van der Waals surface area contributed by atoms with Crippen molar-refractivity contribution in [2.75, 3.05) is 20.4 Å². The maximum absolute atomic E-state index is 12.3. The predicted octanol–water partition coefficient (Wildman–Crippen LogP) is 2.98. The first-order chi connectivity index (χ1) is 11.0. The summed E-state index contributed by atoms with van der Waals surface area (Å²) in [7, 11) is 3.23. The van der Waals surface area contributed by atoms with Gasteiger partial charge in [-0.2, -0.15) is 0 Å². The van der Waals surface area contributed by atoms with E-state index in [0.717, 1.165) is 16.2 Å². The molecule has 0 aliphatic rings. The van der Waals surface area contributed by atoms with Crippen molar-refractivity contribution in [1.29, 1.82) is 0 Å². The molecule has 1 N–H and O–H groups in total. The Morgan fingerprint density at radius 2 is 1.96 bits per heavy atom. The molecule has 23 heavy (non-hydrogen) atoms. The molecule has 0 saturated carbocycles. The van der Waals surface area contributed by atoms with Crippen LogP contribution >= 0.6 is 11.8 Å². The molecular weight excluding hydrogens is 318 g/mol. The van der Waals surface area contributed by atoms with Crippen LogP contribution in [0.25, 0.3) is 0 Å². The summed E-state index contributed by atoms with van der Waals surface area (Å²) in [6.07, 6.45) is 1.96. The van der Waals surface area contributed by atoms with E-state index < -0.39 is 5.97 Å². The fourth-order valence-corrected chi connectivity index (χ4v) is 2.63. The average Bonchev–Trinajstić information content (AvgIpc) is 3.04. The zero-order chi connectivity index (χ0) is 17.0. The molecule has 0 spiro atoms. The first kappa shape index (κ1) is 17.0. The van der Waals surface area contributed by atoms with Gasteiger partial charge in [-0.25, -0.2) is 4.79 Å². The van der Waals surface area contributed by atoms with Crippen molar-refractivity contribution in [3.8, 4) is 5.75 Å². The van der Waals surface area contributed by atoms with Gasteiger partial charge in [-0.1, -0.05) is 6.07 Å². The van der Waals surface area contributed by atoms with Crippen LogP contribution in [0.3, 0.4) is 0 Å². The lowest BCUT2D eigenvalue weighted by atomic mass is 10.2. The van der Waals surface area contributed by atoms with Crippen molar-refractivity contribution in [3.05, 3.63) is 47.4 Å². The maximum Gasteiger partial charge on any atom is 0.371 e. The molecule has 7 heteroatoms. The van der Waals surface area contributed by atoms with Gasteiger partial charge >= 0.3 is 5.97 Å². The number of amides is 1. The highest BCUT2D eigenvalue weighted by molar-refractivity contribution is 7.98. The monoisotopic (exact) mass is 335 g/mol. The Balaban J connectivity index is 2.12. The van der Waals surface area contributed by atoms with Gasteiger partial charge in [0.2, 0.25) is 5.76 Å². The number of rotatable bonds is 6. The molecule has 2 aromatic rings. The summed E-state index contributed by atoms with van der Waals surface area (Å²) in [5, 5.41) is 8.83. The van der Waals surface area contributed by atoms with Crippen molar-refractivity contribution in [3.63, 3.8) is 0 Å². The van der Waals surface area contributed by atoms with Crippen LogP contribution in [0.4, 0.5) is 0 Å². The Bertz CT molecular complexity index is 725. The van der Waals surface area contributed by atoms with Crippen molar-refractivity contribution in [1.82, 2.24) is 4.90 Å². The van der Waals surface area contributed by atoms with Crippen molar-refractivity contribution >= 4 is 23.6 Å². The van der Waals surface area contributed by atoms with Crippen LogP contribution in [0.2, 0.25) is 0 Å². The Morgan fingerprint density at radius 3 is 2.52 bits per heavy atom. The molecule has 0 bridgehead atoms. The number of thioether (sulfide) groups is 1. The van der Waals surface area contributed by atoms with Crippen LogP contribution in [-0.2, 0) is 6.54 Å². The summed E-state index contributed by atoms with van der Waals surface area (Å²) in [5.74, 6) is -1.10. The zero-order valence-electron chi connectivity index (χ0n) is 13.0. The van der Waals surface area contributed by atoms with Gasteiger partial charge in [-0.15, -0.1) is 11.8 Å². The maximum atomic E-state index is 12.3. The number of carbonyl (C=O) groups is 2. The lowest BCUT2D eigenvalue weighted by Crippen LogP contribution is -2.25. The minimum atomic E-state index is -1.20. The van der Waals surface area contributed by atoms with Gasteiger partial charge in [0.25, 0.3) is 5.91 Å². The number of methoxy groups -OCH3 is 1. The molecule has 1 aromatic heterocycles. The summed E-state index contributed by atoms with van der Waals surface area (Å²) in [6, 6.07) is 8.36. The number of hydrogen-bond donors (Lipinski definition) is 1. The fraction of sp³-hybridized carbons (Fsp3) is 0.250. The molecule has 0 radical (unpaired) electrons. The second-order valence-corrected chi connectivity index (χ2v) is 5.67. The minimum Gasteiger partial charge on any atom is -0.496 e. The predicted molar refractivity (Wildman–Crippen MR) is 86.2 cm³/mol. The van der Waals surface area contributed by atoms with Gasteiger partial charge in [0.1, 0.15) is 5.75 Å². The number of benzene rings is 1. The molecule has 0 saturated heterocycles. The van der Waals surface area contributed by atoms with E-state index in [2.05, 4.69) is 0 Å². The first-order valence-electron chi connectivity index (χ1n) is 6.75. The molecule has 6 nitrogen and oxygen atoms in total. The van der Waals surface area contributed by atoms with E-state index in [9.17, 15) is 9.59 Å². The topological polar surface area (TPSA) is 80.0 Å². The van der Waals surface area contributed by atoms with E-state index in [4.69, 9.17) is 14.3 Å². The van der Waals surface area contributed by atoms with E-state index in [1.165, 1.54) is 17.0 Å². The lowest BCUT2D eigenvalue weighted by molar-refractivity contribution is 0.0653. The standard InChI is InChI=1S/C16H17NO5S/c1-17(15(18)11-5-6-12(22-11)16(19)20)9-10-4-7-14(23-3)13(8-10)21-2/h4-8H,9H2,1-3H3,(H,19,20). The Kier molecular flexibility index (Phi) is 5.33. The van der Waals surface area contributed by atoms with Crippen molar-refractivity contribution in [2.45, 2.75) is 11.4 Å². The normalized spacial score (nSPS) is 10.4. The number of hydrogen-bond acceptors (Lipinski definition) is 5. The highest BCUT2D eigenvalue weighted by Gasteiger charge is 2.19. The smallest absolute Gasteiger partial charge is 0.371 e. The average molecular weight is 335 g/mol. The fourth-order valence-electron chi connectivity index (χ4n) is 2.08. The number of carboxylic acid groups (broad SMARTS) is 1. The largest absolute Gasteiger partial charge is 0.496 e. The number of ether oxygens (including phenoxy) is 1. The Hall–Kier alpha value is -2.41. The van der Waals surface area contributed by atoms with Crippen LogP contribution in [0.15, 0.2) is 39.6 Å². The number of furan rings is 1. The van der Waals surface area contributed by atoms with Crippen LogP contribution in [0.1, 0.15) is 26.7 Å². The Labute approximate surface area is 138 Å². The molecule has 0 aliphatic heterocycles. The molecule has 1 heterocycles. The molecule has 2 rings (SSSR count). The minimum absolute atomic E-state index is 0.00222. The van der Waals surface area contributed by atoms with Crippen molar-refractivity contribution in [2.24, 2.45) is 0 Å². The van der Waals surface area contributed by atoms with Crippen LogP contribution in [-0.4, -0.2) is 42.3 Å². The lowest BCUT2D eigenvalue weighted by Gasteiger charge is -2.17. The second kappa shape index (κ2) is 7.23. The van der Waals surface area contributed by atoms with E-state index in [1.807, 2.05) is 24.5 Å². The number of nitrogens with zero attached hydrogens (tertiary/aromatic N) is 1. The van der Waals surface area contributed by atoms with Gasteiger partial charge in [0.15, 0.2) is 5.76 Å². The third kappa shape index (κ3) is 3.87. The quantitative estimate of drug-likeness (QED) is 0.818.